The second-order valence-corrected chi connectivity index (χ2v) is 18.2. The first-order valence-corrected chi connectivity index (χ1v) is 23.6. The van der Waals surface area contributed by atoms with Crippen molar-refractivity contribution in [1.82, 2.24) is 19.1 Å². The van der Waals surface area contributed by atoms with Gasteiger partial charge in [0.2, 0.25) is 0 Å². The normalized spacial score (nSPS) is 11.8. The van der Waals surface area contributed by atoms with Crippen molar-refractivity contribution in [2.45, 2.75) is 0 Å². The summed E-state index contributed by atoms with van der Waals surface area (Å²) >= 11 is 0. The summed E-state index contributed by atoms with van der Waals surface area (Å²) in [4.78, 5) is 9.58. The van der Waals surface area contributed by atoms with Gasteiger partial charge in [-0.2, -0.15) is 0 Å². The molecule has 0 aliphatic heterocycles. The number of aryl methyl sites for hydroxylation is 1. The van der Waals surface area contributed by atoms with Crippen LogP contribution < -0.4 is 0 Å². The van der Waals surface area contributed by atoms with E-state index < -0.39 is 0 Å². The van der Waals surface area contributed by atoms with Gasteiger partial charge in [-0.1, -0.05) is 176 Å². The standard InChI is InChI=1S/C65H42N4/c1-68-59-23-9-7-18-53(59)55-22-12-21-52(65(55)68)48-37-46-15-5-6-17-50(46)57(39-48)47-32-36-61-58(38-47)54-19-8-10-24-60(54)69(61)49-33-29-42(30-34-49)41-25-27-43(28-26-41)51-20-11-16-44-31-35-56-63(45-13-3-2-4-14-45)66-40-67-64(56)62(44)51/h2-40H,1H3. The third-order valence-electron chi connectivity index (χ3n) is 14.4. The number of rotatable bonds is 6. The topological polar surface area (TPSA) is 35.6 Å². The van der Waals surface area contributed by atoms with Crippen molar-refractivity contribution in [2.75, 3.05) is 0 Å². The van der Waals surface area contributed by atoms with Crippen LogP contribution in [0.2, 0.25) is 0 Å². The van der Waals surface area contributed by atoms with Gasteiger partial charge < -0.3 is 9.13 Å². The predicted molar refractivity (Wildman–Crippen MR) is 290 cm³/mol. The minimum atomic E-state index is 0.948. The second-order valence-electron chi connectivity index (χ2n) is 18.2. The smallest absolute Gasteiger partial charge is 0.116 e. The van der Waals surface area contributed by atoms with E-state index in [2.05, 4.69) is 241 Å². The Labute approximate surface area is 398 Å². The molecule has 0 atom stereocenters. The van der Waals surface area contributed by atoms with Gasteiger partial charge in [0, 0.05) is 61.7 Å². The van der Waals surface area contributed by atoms with E-state index in [0.717, 1.165) is 49.7 Å². The van der Waals surface area contributed by atoms with Crippen molar-refractivity contribution in [3.8, 4) is 61.5 Å². The molecular weight excluding hydrogens is 837 g/mol. The Kier molecular flexibility index (Phi) is 8.77. The van der Waals surface area contributed by atoms with E-state index in [1.807, 2.05) is 6.07 Å². The molecule has 0 amide bonds. The van der Waals surface area contributed by atoms with Gasteiger partial charge in [0.05, 0.1) is 27.8 Å². The van der Waals surface area contributed by atoms with Crippen LogP contribution in [0, 0.1) is 0 Å². The third kappa shape index (κ3) is 6.16. The summed E-state index contributed by atoms with van der Waals surface area (Å²) in [5.41, 5.74) is 18.5. The Morgan fingerprint density at radius 3 is 1.78 bits per heavy atom. The molecule has 11 aromatic carbocycles. The van der Waals surface area contributed by atoms with Crippen LogP contribution in [0.5, 0.6) is 0 Å². The van der Waals surface area contributed by atoms with Gasteiger partial charge in [0.15, 0.2) is 0 Å². The summed E-state index contributed by atoms with van der Waals surface area (Å²) in [6.07, 6.45) is 1.69. The van der Waals surface area contributed by atoms with E-state index in [1.165, 1.54) is 87.8 Å². The molecular formula is C65H42N4. The molecule has 0 radical (unpaired) electrons. The number of benzene rings is 11. The molecule has 0 spiro atoms. The molecule has 14 rings (SSSR count). The molecule has 0 N–H and O–H groups in total. The molecule has 0 saturated carbocycles. The van der Waals surface area contributed by atoms with Crippen molar-refractivity contribution in [2.24, 2.45) is 7.05 Å². The zero-order valence-corrected chi connectivity index (χ0v) is 37.8. The fourth-order valence-electron chi connectivity index (χ4n) is 11.2. The molecule has 14 aromatic rings. The number of fused-ring (bicyclic) bond motifs is 10. The Balaban J connectivity index is 0.830. The number of nitrogens with zero attached hydrogens (tertiary/aromatic N) is 4. The van der Waals surface area contributed by atoms with Crippen LogP contribution in [-0.4, -0.2) is 19.1 Å². The molecule has 0 bridgehead atoms. The predicted octanol–water partition coefficient (Wildman–Crippen LogP) is 17.0. The Hall–Kier alpha value is -9.12. The molecule has 0 fully saturated rings. The van der Waals surface area contributed by atoms with Crippen molar-refractivity contribution in [1.29, 1.82) is 0 Å². The molecule has 322 valence electrons. The number of aromatic nitrogens is 4. The van der Waals surface area contributed by atoms with E-state index in [9.17, 15) is 0 Å². The lowest BCUT2D eigenvalue weighted by atomic mass is 9.91. The number of hydrogen-bond donors (Lipinski definition) is 0. The quantitative estimate of drug-likeness (QED) is 0.156. The molecule has 4 nitrogen and oxygen atoms in total. The minimum Gasteiger partial charge on any atom is -0.343 e. The zero-order valence-electron chi connectivity index (χ0n) is 37.8. The first-order chi connectivity index (χ1) is 34.1. The van der Waals surface area contributed by atoms with Gasteiger partial charge in [-0.25, -0.2) is 9.97 Å². The monoisotopic (exact) mass is 878 g/mol. The van der Waals surface area contributed by atoms with E-state index in [1.54, 1.807) is 6.33 Å². The van der Waals surface area contributed by atoms with Crippen LogP contribution in [-0.2, 0) is 7.05 Å². The van der Waals surface area contributed by atoms with E-state index in [4.69, 9.17) is 9.97 Å². The lowest BCUT2D eigenvalue weighted by Crippen LogP contribution is -1.94. The first-order valence-electron chi connectivity index (χ1n) is 23.6. The molecule has 69 heavy (non-hydrogen) atoms. The van der Waals surface area contributed by atoms with E-state index in [0.29, 0.717) is 0 Å². The van der Waals surface area contributed by atoms with Crippen LogP contribution in [0.15, 0.2) is 237 Å². The third-order valence-corrected chi connectivity index (χ3v) is 14.4. The summed E-state index contributed by atoms with van der Waals surface area (Å²) in [6, 6.07) is 84.1. The van der Waals surface area contributed by atoms with Gasteiger partial charge >= 0.3 is 0 Å². The largest absolute Gasteiger partial charge is 0.343 e. The highest BCUT2D eigenvalue weighted by atomic mass is 15.0. The molecule has 0 aliphatic carbocycles. The molecule has 0 saturated heterocycles. The highest BCUT2D eigenvalue weighted by Crippen LogP contribution is 2.42. The van der Waals surface area contributed by atoms with Crippen molar-refractivity contribution in [3.05, 3.63) is 237 Å². The Bertz CT molecular complexity index is 4350. The summed E-state index contributed by atoms with van der Waals surface area (Å²) in [5.74, 6) is 0. The summed E-state index contributed by atoms with van der Waals surface area (Å²) in [6.45, 7) is 0. The lowest BCUT2D eigenvalue weighted by molar-refractivity contribution is 1.02. The average molecular weight is 879 g/mol. The van der Waals surface area contributed by atoms with E-state index in [-0.39, 0.29) is 0 Å². The van der Waals surface area contributed by atoms with Gasteiger partial charge in [-0.05, 0) is 110 Å². The van der Waals surface area contributed by atoms with Gasteiger partial charge in [0.1, 0.15) is 6.33 Å². The molecule has 0 aliphatic rings. The van der Waals surface area contributed by atoms with Crippen molar-refractivity contribution < 1.29 is 0 Å². The maximum absolute atomic E-state index is 4.86. The van der Waals surface area contributed by atoms with Gasteiger partial charge in [-0.3, -0.25) is 0 Å². The summed E-state index contributed by atoms with van der Waals surface area (Å²) < 4.78 is 4.76. The Morgan fingerprint density at radius 2 is 0.957 bits per heavy atom. The SMILES string of the molecule is Cn1c2ccccc2c2cccc(-c3cc(-c4ccc5c(c4)c4ccccc4n5-c4ccc(-c5ccc(-c6cccc7ccc8c(-c9ccccc9)ncnc8c67)cc5)cc4)c4ccccc4c3)c21. The molecule has 0 unspecified atom stereocenters. The summed E-state index contributed by atoms with van der Waals surface area (Å²) in [5, 5.41) is 10.9. The van der Waals surface area contributed by atoms with Crippen LogP contribution in [0.1, 0.15) is 0 Å². The minimum absolute atomic E-state index is 0.948. The lowest BCUT2D eigenvalue weighted by Gasteiger charge is -2.14. The van der Waals surface area contributed by atoms with Crippen molar-refractivity contribution in [3.63, 3.8) is 0 Å². The van der Waals surface area contributed by atoms with Crippen molar-refractivity contribution >= 4 is 76.1 Å². The average Bonchev–Trinajstić information content (AvgIpc) is 3.91. The maximum atomic E-state index is 4.86. The fourth-order valence-corrected chi connectivity index (χ4v) is 11.2. The van der Waals surface area contributed by atoms with Gasteiger partial charge in [-0.15, -0.1) is 0 Å². The Morgan fingerprint density at radius 1 is 0.333 bits per heavy atom. The highest BCUT2D eigenvalue weighted by molar-refractivity contribution is 6.16. The van der Waals surface area contributed by atoms with Crippen LogP contribution >= 0.6 is 0 Å². The second kappa shape index (κ2) is 15.5. The van der Waals surface area contributed by atoms with Gasteiger partial charge in [0.25, 0.3) is 0 Å². The maximum Gasteiger partial charge on any atom is 0.116 e. The van der Waals surface area contributed by atoms with Crippen LogP contribution in [0.25, 0.3) is 138 Å². The number of para-hydroxylation sites is 3. The first kappa shape index (κ1) is 39.1. The van der Waals surface area contributed by atoms with Crippen LogP contribution in [0.3, 0.4) is 0 Å². The fraction of sp³-hybridized carbons (Fsp3) is 0.0154. The molecule has 3 aromatic heterocycles. The summed E-state index contributed by atoms with van der Waals surface area (Å²) in [7, 11) is 2.19. The highest BCUT2D eigenvalue weighted by Gasteiger charge is 2.19. The molecule has 4 heteroatoms. The number of hydrogen-bond acceptors (Lipinski definition) is 2. The zero-order chi connectivity index (χ0) is 45.6. The van der Waals surface area contributed by atoms with E-state index >= 15 is 0 Å². The van der Waals surface area contributed by atoms with Crippen LogP contribution in [0.4, 0.5) is 0 Å². The molecule has 3 heterocycles.